The molecule has 0 aromatic heterocycles. The molecule has 0 saturated heterocycles. The summed E-state index contributed by atoms with van der Waals surface area (Å²) in [6.07, 6.45) is -3.60. The lowest BCUT2D eigenvalue weighted by Gasteiger charge is -2.37. The van der Waals surface area contributed by atoms with E-state index in [1.165, 1.54) is 6.92 Å². The zero-order chi connectivity index (χ0) is 15.8. The first-order valence-corrected chi connectivity index (χ1v) is 5.96. The van der Waals surface area contributed by atoms with Gasteiger partial charge in [0.15, 0.2) is 12.3 Å². The number of aliphatic imine (C=N–C) groups is 1. The first-order chi connectivity index (χ1) is 9.79. The molecule has 6 nitrogen and oxygen atoms in total. The second-order valence-electron chi connectivity index (χ2n) is 4.73. The molecule has 21 heavy (non-hydrogen) atoms. The fourth-order valence-electron chi connectivity index (χ4n) is 2.23. The number of amidine groups is 1. The summed E-state index contributed by atoms with van der Waals surface area (Å²) in [6, 6.07) is 2.13. The number of rotatable bonds is 3. The van der Waals surface area contributed by atoms with Crippen LogP contribution >= 0.6 is 0 Å². The fraction of sp³-hybridized carbons (Fsp3) is 0.417. The Morgan fingerprint density at radius 2 is 2.24 bits per heavy atom. The van der Waals surface area contributed by atoms with Crippen LogP contribution in [0, 0.1) is 15.9 Å². The summed E-state index contributed by atoms with van der Waals surface area (Å²) in [5, 5.41) is 10.8. The van der Waals surface area contributed by atoms with Gasteiger partial charge in [-0.1, -0.05) is 0 Å². The number of nitrogens with two attached hydrogens (primary N) is 1. The molecule has 0 unspecified atom stereocenters. The highest BCUT2D eigenvalue weighted by Gasteiger charge is 2.48. The van der Waals surface area contributed by atoms with Crippen molar-refractivity contribution in [2.45, 2.75) is 24.7 Å². The quantitative estimate of drug-likeness (QED) is 0.682. The van der Waals surface area contributed by atoms with Crippen molar-refractivity contribution < 1.29 is 22.8 Å². The van der Waals surface area contributed by atoms with E-state index >= 15 is 0 Å². The number of halogens is 3. The van der Waals surface area contributed by atoms with Gasteiger partial charge in [0.05, 0.1) is 4.92 Å². The Morgan fingerprint density at radius 3 is 2.81 bits per heavy atom. The van der Waals surface area contributed by atoms with E-state index < -0.39 is 46.9 Å². The molecule has 1 aromatic carbocycles. The number of hydrogen-bond acceptors (Lipinski definition) is 5. The standard InChI is InChI=1S/C12H12F3N3O3/c1-12(10(15)9(5-13)21-11(16)17-12)7-4-6(18(19)20)2-3-8(7)14/h2-4,9-10H,5H2,1H3,(H2,16,17)/t9-,10+,12-/m1/s1. The molecule has 2 rings (SSSR count). The van der Waals surface area contributed by atoms with E-state index in [-0.39, 0.29) is 5.56 Å². The smallest absolute Gasteiger partial charge is 0.283 e. The van der Waals surface area contributed by atoms with Gasteiger partial charge in [-0.05, 0) is 13.0 Å². The monoisotopic (exact) mass is 303 g/mol. The predicted molar refractivity (Wildman–Crippen MR) is 67.8 cm³/mol. The van der Waals surface area contributed by atoms with Crippen LogP contribution in [-0.2, 0) is 10.3 Å². The van der Waals surface area contributed by atoms with Gasteiger partial charge < -0.3 is 10.5 Å². The SMILES string of the molecule is C[C@]1(c2cc([N+](=O)[O-])ccc2F)N=C(N)O[C@H](CF)[C@@H]1F. The minimum absolute atomic E-state index is 0.381. The summed E-state index contributed by atoms with van der Waals surface area (Å²) >= 11 is 0. The predicted octanol–water partition coefficient (Wildman–Crippen LogP) is 1.97. The van der Waals surface area contributed by atoms with Crippen molar-refractivity contribution in [3.05, 3.63) is 39.7 Å². The topological polar surface area (TPSA) is 90.8 Å². The third-order valence-corrected chi connectivity index (χ3v) is 3.34. The molecule has 1 aliphatic rings. The number of nitro groups is 1. The van der Waals surface area contributed by atoms with Gasteiger partial charge in [0.25, 0.3) is 11.7 Å². The molecule has 0 radical (unpaired) electrons. The van der Waals surface area contributed by atoms with Gasteiger partial charge >= 0.3 is 0 Å². The molecule has 0 aliphatic carbocycles. The lowest BCUT2D eigenvalue weighted by molar-refractivity contribution is -0.385. The number of nitrogens with zero attached hydrogens (tertiary/aromatic N) is 2. The Hall–Kier alpha value is -2.32. The number of hydrogen-bond donors (Lipinski definition) is 1. The van der Waals surface area contributed by atoms with Crippen LogP contribution in [-0.4, -0.2) is 29.9 Å². The van der Waals surface area contributed by atoms with E-state index in [1.54, 1.807) is 0 Å². The van der Waals surface area contributed by atoms with E-state index in [2.05, 4.69) is 4.99 Å². The molecule has 9 heteroatoms. The Morgan fingerprint density at radius 1 is 1.57 bits per heavy atom. The summed E-state index contributed by atoms with van der Waals surface area (Å²) in [6.45, 7) is -0.0125. The molecule has 0 saturated carbocycles. The average Bonchev–Trinajstić information content (AvgIpc) is 2.42. The highest BCUT2D eigenvalue weighted by Crippen LogP contribution is 2.39. The van der Waals surface area contributed by atoms with Crippen LogP contribution in [0.1, 0.15) is 12.5 Å². The second-order valence-corrected chi connectivity index (χ2v) is 4.73. The summed E-state index contributed by atoms with van der Waals surface area (Å²) in [7, 11) is 0. The highest BCUT2D eigenvalue weighted by molar-refractivity contribution is 5.73. The van der Waals surface area contributed by atoms with E-state index in [4.69, 9.17) is 10.5 Å². The molecule has 3 atom stereocenters. The molecule has 0 bridgehead atoms. The average molecular weight is 303 g/mol. The van der Waals surface area contributed by atoms with E-state index in [0.29, 0.717) is 0 Å². The van der Waals surface area contributed by atoms with Gasteiger partial charge in [-0.25, -0.2) is 18.2 Å². The molecular weight excluding hydrogens is 291 g/mol. The summed E-state index contributed by atoms with van der Waals surface area (Å²) in [5.74, 6) is -0.901. The van der Waals surface area contributed by atoms with Gasteiger partial charge in [0.2, 0.25) is 0 Å². The number of non-ortho nitro benzene ring substituents is 1. The molecule has 0 fully saturated rings. The van der Waals surface area contributed by atoms with Gasteiger partial charge in [-0.15, -0.1) is 0 Å². The largest absolute Gasteiger partial charge is 0.456 e. The van der Waals surface area contributed by atoms with E-state index in [9.17, 15) is 23.3 Å². The van der Waals surface area contributed by atoms with Crippen molar-refractivity contribution in [1.29, 1.82) is 0 Å². The van der Waals surface area contributed by atoms with Crippen molar-refractivity contribution in [2.75, 3.05) is 6.67 Å². The normalized spacial score (nSPS) is 28.7. The maximum atomic E-state index is 14.4. The van der Waals surface area contributed by atoms with Crippen molar-refractivity contribution in [3.63, 3.8) is 0 Å². The van der Waals surface area contributed by atoms with Crippen molar-refractivity contribution in [1.82, 2.24) is 0 Å². The van der Waals surface area contributed by atoms with Crippen LogP contribution in [0.5, 0.6) is 0 Å². The zero-order valence-electron chi connectivity index (χ0n) is 10.9. The van der Waals surface area contributed by atoms with Crippen LogP contribution < -0.4 is 5.73 Å². The third kappa shape index (κ3) is 2.50. The Kier molecular flexibility index (Phi) is 3.75. The third-order valence-electron chi connectivity index (χ3n) is 3.34. The van der Waals surface area contributed by atoms with Crippen LogP contribution in [0.3, 0.4) is 0 Å². The fourth-order valence-corrected chi connectivity index (χ4v) is 2.23. The maximum absolute atomic E-state index is 14.4. The minimum atomic E-state index is -2.05. The summed E-state index contributed by atoms with van der Waals surface area (Å²) < 4.78 is 45.9. The number of benzene rings is 1. The van der Waals surface area contributed by atoms with E-state index in [0.717, 1.165) is 18.2 Å². The Bertz CT molecular complexity index is 611. The van der Waals surface area contributed by atoms with Gasteiger partial charge in [0.1, 0.15) is 18.0 Å². The van der Waals surface area contributed by atoms with Crippen LogP contribution in [0.4, 0.5) is 18.9 Å². The summed E-state index contributed by atoms with van der Waals surface area (Å²) in [4.78, 5) is 13.7. The van der Waals surface area contributed by atoms with Crippen molar-refractivity contribution in [3.8, 4) is 0 Å². The van der Waals surface area contributed by atoms with Crippen molar-refractivity contribution in [2.24, 2.45) is 10.7 Å². The second kappa shape index (κ2) is 5.23. The first-order valence-electron chi connectivity index (χ1n) is 5.96. The molecule has 0 spiro atoms. The molecule has 1 aliphatic heterocycles. The summed E-state index contributed by atoms with van der Waals surface area (Å²) in [5.41, 5.74) is 2.64. The lowest BCUT2D eigenvalue weighted by Crippen LogP contribution is -2.50. The molecule has 0 amide bonds. The maximum Gasteiger partial charge on any atom is 0.283 e. The zero-order valence-corrected chi connectivity index (χ0v) is 10.9. The van der Waals surface area contributed by atoms with Crippen LogP contribution in [0.15, 0.2) is 23.2 Å². The van der Waals surface area contributed by atoms with Gasteiger partial charge in [-0.2, -0.15) is 0 Å². The van der Waals surface area contributed by atoms with E-state index in [1.807, 2.05) is 0 Å². The number of ether oxygens (including phenoxy) is 1. The molecule has 2 N–H and O–H groups in total. The molecule has 1 heterocycles. The Labute approximate surface area is 117 Å². The first kappa shape index (κ1) is 15.1. The van der Waals surface area contributed by atoms with Crippen LogP contribution in [0.25, 0.3) is 0 Å². The van der Waals surface area contributed by atoms with Gasteiger partial charge in [0, 0.05) is 17.7 Å². The number of nitro benzene ring substituents is 1. The Balaban J connectivity index is 2.59. The molecular formula is C12H12F3N3O3. The van der Waals surface area contributed by atoms with Gasteiger partial charge in [-0.3, -0.25) is 10.1 Å². The molecule has 114 valence electrons. The lowest BCUT2D eigenvalue weighted by atomic mass is 9.84. The number of alkyl halides is 2. The molecule has 1 aromatic rings. The van der Waals surface area contributed by atoms with Crippen LogP contribution in [0.2, 0.25) is 0 Å². The van der Waals surface area contributed by atoms with Crippen molar-refractivity contribution >= 4 is 11.7 Å². The highest BCUT2D eigenvalue weighted by atomic mass is 19.1. The minimum Gasteiger partial charge on any atom is -0.456 e.